The minimum absolute atomic E-state index is 0.206. The average molecular weight is 428 g/mol. The van der Waals surface area contributed by atoms with E-state index in [0.717, 1.165) is 67.9 Å². The van der Waals surface area contributed by atoms with E-state index in [-0.39, 0.29) is 5.91 Å². The number of piperazine rings is 1. The second-order valence-corrected chi connectivity index (χ2v) is 8.53. The van der Waals surface area contributed by atoms with Crippen LogP contribution in [-0.2, 0) is 4.79 Å². The summed E-state index contributed by atoms with van der Waals surface area (Å²) in [5, 5.41) is 0. The lowest BCUT2D eigenvalue weighted by atomic mass is 10.2. The van der Waals surface area contributed by atoms with Crippen molar-refractivity contribution in [2.24, 2.45) is 0 Å². The van der Waals surface area contributed by atoms with Gasteiger partial charge in [0.2, 0.25) is 5.91 Å². The maximum atomic E-state index is 13.1. The normalized spacial score (nSPS) is 16.9. The van der Waals surface area contributed by atoms with Gasteiger partial charge in [-0.15, -0.1) is 11.8 Å². The summed E-state index contributed by atoms with van der Waals surface area (Å²) >= 11 is 1.85. The van der Waals surface area contributed by atoms with Crippen molar-refractivity contribution in [2.75, 3.05) is 54.8 Å². The van der Waals surface area contributed by atoms with Crippen LogP contribution in [0.5, 0.6) is 0 Å². The SMILES string of the molecule is CC.Cc1cc(N2CCN(CC(=O)N3CCCSc4ccccc43)CC2)nc(C)n1. The summed E-state index contributed by atoms with van der Waals surface area (Å²) in [5.74, 6) is 3.08. The number of benzene rings is 1. The Morgan fingerprint density at radius 2 is 1.77 bits per heavy atom. The van der Waals surface area contributed by atoms with Gasteiger partial charge in [0.25, 0.3) is 0 Å². The molecule has 2 aliphatic heterocycles. The summed E-state index contributed by atoms with van der Waals surface area (Å²) in [6, 6.07) is 10.3. The monoisotopic (exact) mass is 427 g/mol. The smallest absolute Gasteiger partial charge is 0.241 e. The molecule has 0 unspecified atom stereocenters. The minimum Gasteiger partial charge on any atom is -0.354 e. The lowest BCUT2D eigenvalue weighted by Crippen LogP contribution is -2.50. The number of rotatable bonds is 3. The number of aryl methyl sites for hydroxylation is 2. The van der Waals surface area contributed by atoms with E-state index in [9.17, 15) is 4.79 Å². The number of carbonyl (C=O) groups is 1. The first-order valence-corrected chi connectivity index (χ1v) is 11.9. The van der Waals surface area contributed by atoms with Crippen molar-refractivity contribution in [3.05, 3.63) is 41.9 Å². The molecule has 0 atom stereocenters. The highest BCUT2D eigenvalue weighted by molar-refractivity contribution is 7.99. The molecule has 30 heavy (non-hydrogen) atoms. The average Bonchev–Trinajstić information content (AvgIpc) is 2.98. The van der Waals surface area contributed by atoms with E-state index < -0.39 is 0 Å². The lowest BCUT2D eigenvalue weighted by molar-refractivity contribution is -0.119. The molecule has 0 aliphatic carbocycles. The molecule has 4 rings (SSSR count). The van der Waals surface area contributed by atoms with Crippen LogP contribution in [0.2, 0.25) is 0 Å². The second kappa shape index (κ2) is 10.8. The first-order chi connectivity index (χ1) is 14.6. The molecule has 6 nitrogen and oxygen atoms in total. The molecule has 2 aromatic rings. The molecule has 1 fully saturated rings. The molecule has 1 aromatic carbocycles. The fourth-order valence-corrected chi connectivity index (χ4v) is 4.85. The number of anilines is 2. The minimum atomic E-state index is 0.206. The molecular formula is C23H33N5OS. The van der Waals surface area contributed by atoms with Crippen LogP contribution in [0.1, 0.15) is 31.8 Å². The zero-order chi connectivity index (χ0) is 21.5. The molecule has 1 saturated heterocycles. The van der Waals surface area contributed by atoms with Gasteiger partial charge in [0.15, 0.2) is 0 Å². The Labute approximate surface area is 184 Å². The second-order valence-electron chi connectivity index (χ2n) is 7.39. The predicted molar refractivity (Wildman–Crippen MR) is 126 cm³/mol. The number of thioether (sulfide) groups is 1. The Morgan fingerprint density at radius 3 is 2.50 bits per heavy atom. The Balaban J connectivity index is 0.00000124. The lowest BCUT2D eigenvalue weighted by Gasteiger charge is -2.36. The number of para-hydroxylation sites is 1. The molecular weight excluding hydrogens is 394 g/mol. The third-order valence-corrected chi connectivity index (χ3v) is 6.40. The van der Waals surface area contributed by atoms with Gasteiger partial charge in [-0.25, -0.2) is 9.97 Å². The zero-order valence-corrected chi connectivity index (χ0v) is 19.4. The van der Waals surface area contributed by atoms with Crippen LogP contribution < -0.4 is 9.80 Å². The van der Waals surface area contributed by atoms with Crippen LogP contribution in [0, 0.1) is 13.8 Å². The van der Waals surface area contributed by atoms with E-state index in [1.165, 1.54) is 4.90 Å². The van der Waals surface area contributed by atoms with Gasteiger partial charge in [-0.3, -0.25) is 9.69 Å². The highest BCUT2D eigenvalue weighted by Crippen LogP contribution is 2.33. The fraction of sp³-hybridized carbons (Fsp3) is 0.522. The van der Waals surface area contributed by atoms with Gasteiger partial charge >= 0.3 is 0 Å². The predicted octanol–water partition coefficient (Wildman–Crippen LogP) is 3.77. The Kier molecular flexibility index (Phi) is 8.10. The number of aromatic nitrogens is 2. The molecule has 1 amide bonds. The van der Waals surface area contributed by atoms with E-state index in [1.54, 1.807) is 0 Å². The summed E-state index contributed by atoms with van der Waals surface area (Å²) in [4.78, 5) is 29.8. The molecule has 0 saturated carbocycles. The molecule has 1 aromatic heterocycles. The van der Waals surface area contributed by atoms with Gasteiger partial charge in [0.1, 0.15) is 11.6 Å². The van der Waals surface area contributed by atoms with E-state index in [1.807, 2.05) is 56.5 Å². The van der Waals surface area contributed by atoms with Gasteiger partial charge in [-0.2, -0.15) is 0 Å². The highest BCUT2D eigenvalue weighted by Gasteiger charge is 2.25. The van der Waals surface area contributed by atoms with Crippen molar-refractivity contribution in [3.63, 3.8) is 0 Å². The molecule has 0 N–H and O–H groups in total. The van der Waals surface area contributed by atoms with Gasteiger partial charge in [-0.05, 0) is 38.2 Å². The highest BCUT2D eigenvalue weighted by atomic mass is 32.2. The van der Waals surface area contributed by atoms with Crippen LogP contribution in [0.3, 0.4) is 0 Å². The maximum Gasteiger partial charge on any atom is 0.241 e. The third-order valence-electron chi connectivity index (χ3n) is 5.25. The van der Waals surface area contributed by atoms with Gasteiger partial charge < -0.3 is 9.80 Å². The molecule has 3 heterocycles. The molecule has 2 aliphatic rings. The van der Waals surface area contributed by atoms with E-state index in [4.69, 9.17) is 0 Å². The summed E-state index contributed by atoms with van der Waals surface area (Å²) in [5.41, 5.74) is 2.07. The van der Waals surface area contributed by atoms with Crippen LogP contribution >= 0.6 is 11.8 Å². The number of amides is 1. The van der Waals surface area contributed by atoms with Crippen molar-refractivity contribution >= 4 is 29.2 Å². The Morgan fingerprint density at radius 1 is 1.03 bits per heavy atom. The molecule has 0 bridgehead atoms. The van der Waals surface area contributed by atoms with Crippen LogP contribution in [0.25, 0.3) is 0 Å². The van der Waals surface area contributed by atoms with E-state index >= 15 is 0 Å². The fourth-order valence-electron chi connectivity index (χ4n) is 3.86. The number of nitrogens with zero attached hydrogens (tertiary/aromatic N) is 5. The van der Waals surface area contributed by atoms with Crippen LogP contribution in [0.15, 0.2) is 35.2 Å². The summed E-state index contributed by atoms with van der Waals surface area (Å²) in [6.45, 7) is 12.7. The number of fused-ring (bicyclic) bond motifs is 1. The number of hydrogen-bond acceptors (Lipinski definition) is 6. The molecule has 162 valence electrons. The van der Waals surface area contributed by atoms with E-state index in [0.29, 0.717) is 6.54 Å². The standard InChI is InChI=1S/C21H27N5OS.C2H6/c1-16-14-20(23-17(2)22-16)25-11-9-24(10-12-25)15-21(27)26-8-5-13-28-19-7-4-3-6-18(19)26;1-2/h3-4,6-7,14H,5,8-13,15H2,1-2H3;1-2H3. The molecule has 0 spiro atoms. The van der Waals surface area contributed by atoms with Gasteiger partial charge in [0, 0.05) is 49.4 Å². The van der Waals surface area contributed by atoms with Crippen LogP contribution in [-0.4, -0.2) is 65.8 Å². The number of carbonyl (C=O) groups excluding carboxylic acids is 1. The van der Waals surface area contributed by atoms with Gasteiger partial charge in [0.05, 0.1) is 12.2 Å². The third kappa shape index (κ3) is 5.52. The van der Waals surface area contributed by atoms with Crippen molar-refractivity contribution in [2.45, 2.75) is 39.0 Å². The van der Waals surface area contributed by atoms with Crippen molar-refractivity contribution in [3.8, 4) is 0 Å². The quantitative estimate of drug-likeness (QED) is 0.743. The van der Waals surface area contributed by atoms with Crippen LogP contribution in [0.4, 0.5) is 11.5 Å². The summed E-state index contributed by atoms with van der Waals surface area (Å²) in [6.07, 6.45) is 1.03. The maximum absolute atomic E-state index is 13.1. The Bertz CT molecular complexity index is 831. The topological polar surface area (TPSA) is 52.6 Å². The molecule has 0 radical (unpaired) electrons. The summed E-state index contributed by atoms with van der Waals surface area (Å²) in [7, 11) is 0. The zero-order valence-electron chi connectivity index (χ0n) is 18.6. The summed E-state index contributed by atoms with van der Waals surface area (Å²) < 4.78 is 0. The first-order valence-electron chi connectivity index (χ1n) is 10.9. The number of hydrogen-bond donors (Lipinski definition) is 0. The van der Waals surface area contributed by atoms with Crippen molar-refractivity contribution in [1.82, 2.24) is 14.9 Å². The largest absolute Gasteiger partial charge is 0.354 e. The van der Waals surface area contributed by atoms with Crippen molar-refractivity contribution < 1.29 is 4.79 Å². The Hall–Kier alpha value is -2.12. The molecule has 7 heteroatoms. The van der Waals surface area contributed by atoms with E-state index in [2.05, 4.69) is 38.0 Å². The first kappa shape index (κ1) is 22.6. The van der Waals surface area contributed by atoms with Crippen molar-refractivity contribution in [1.29, 1.82) is 0 Å². The van der Waals surface area contributed by atoms with Gasteiger partial charge in [-0.1, -0.05) is 26.0 Å².